The zero-order valence-electron chi connectivity index (χ0n) is 46.8. The number of carboxylic acids is 7. The Morgan fingerprint density at radius 3 is 1.27 bits per heavy atom. The number of cyclic esters (lactones) is 2. The Bertz CT molecular complexity index is 2590. The van der Waals surface area contributed by atoms with Gasteiger partial charge in [-0.2, -0.15) is 0 Å². The van der Waals surface area contributed by atoms with Crippen molar-refractivity contribution >= 4 is 94.8 Å². The minimum Gasteiger partial charge on any atom is -0.549 e. The Labute approximate surface area is 531 Å². The van der Waals surface area contributed by atoms with E-state index in [1.165, 1.54) is 34.1 Å². The molecule has 0 saturated carbocycles. The molecule has 34 nitrogen and oxygen atoms in total. The van der Waals surface area contributed by atoms with Gasteiger partial charge in [0.1, 0.15) is 6.04 Å². The first-order chi connectivity index (χ1) is 39.9. The summed E-state index contributed by atoms with van der Waals surface area (Å²) < 4.78 is 4.76. The third-order valence-electron chi connectivity index (χ3n) is 13.2. The van der Waals surface area contributed by atoms with Gasteiger partial charge in [0.15, 0.2) is 0 Å². The van der Waals surface area contributed by atoms with E-state index >= 15 is 0 Å². The van der Waals surface area contributed by atoms with Crippen LogP contribution in [0.3, 0.4) is 0 Å². The zero-order valence-corrected chi connectivity index (χ0v) is 49.9. The third-order valence-corrected chi connectivity index (χ3v) is 13.2. The summed E-state index contributed by atoms with van der Waals surface area (Å²) in [5.41, 5.74) is 23.9. The minimum atomic E-state index is -1.45. The molecule has 36 heteroatoms. The molecular weight excluding hydrogens is 1310 g/mol. The number of nitrogens with two attached hydrogens (primary N) is 1. The number of anilines is 2. The molecule has 5 rings (SSSR count). The van der Waals surface area contributed by atoms with Crippen molar-refractivity contribution in [1.29, 1.82) is 0 Å². The van der Waals surface area contributed by atoms with Crippen molar-refractivity contribution in [2.75, 3.05) is 155 Å². The Balaban J connectivity index is 0.000000740. The number of nitrogens with zero attached hydrogens (tertiary/aromatic N) is 14. The molecule has 0 bridgehead atoms. The van der Waals surface area contributed by atoms with Crippen molar-refractivity contribution < 1.29 is 128 Å². The summed E-state index contributed by atoms with van der Waals surface area (Å²) in [6.07, 6.45) is 0.0342. The maximum atomic E-state index is 12.6. The number of carbonyl (C=O) groups is 10. The number of halogens is 1. The van der Waals surface area contributed by atoms with Gasteiger partial charge < -0.3 is 61.1 Å². The fourth-order valence-electron chi connectivity index (χ4n) is 8.95. The van der Waals surface area contributed by atoms with Crippen LogP contribution in [0.15, 0.2) is 58.8 Å². The number of ether oxygens (including phenoxy) is 1. The van der Waals surface area contributed by atoms with Crippen molar-refractivity contribution in [3.63, 3.8) is 0 Å². The molecule has 3 heterocycles. The first-order valence-electron chi connectivity index (χ1n) is 26.4. The molecule has 86 heavy (non-hydrogen) atoms. The van der Waals surface area contributed by atoms with E-state index in [-0.39, 0.29) is 163 Å². The summed E-state index contributed by atoms with van der Waals surface area (Å²) in [7, 11) is 0. The number of aliphatic carboxylic acids is 7. The second-order valence-corrected chi connectivity index (χ2v) is 19.4. The topological polar surface area (TPSA) is 489 Å². The molecule has 2 unspecified atom stereocenters. The van der Waals surface area contributed by atoms with Crippen molar-refractivity contribution in [3.8, 4) is 0 Å². The maximum Gasteiger partial charge on any atom is 3.00 e. The predicted molar refractivity (Wildman–Crippen MR) is 298 cm³/mol. The summed E-state index contributed by atoms with van der Waals surface area (Å²) in [5, 5.41) is 79.2. The Hall–Kier alpha value is -6.95. The summed E-state index contributed by atoms with van der Waals surface area (Å²) in [5.74, 6) is -9.79. The quantitative estimate of drug-likeness (QED) is 0.0176. The van der Waals surface area contributed by atoms with Crippen LogP contribution in [0.2, 0.25) is 0 Å². The third kappa shape index (κ3) is 32.5. The summed E-state index contributed by atoms with van der Waals surface area (Å²) in [6.45, 7) is 1.49. The van der Waals surface area contributed by atoms with E-state index in [0.717, 1.165) is 0 Å². The van der Waals surface area contributed by atoms with Gasteiger partial charge in [-0.05, 0) is 48.2 Å². The molecule has 3 aliphatic rings. The van der Waals surface area contributed by atoms with Crippen LogP contribution in [-0.4, -0.2) is 280 Å². The fourth-order valence-corrected chi connectivity index (χ4v) is 8.95. The molecule has 473 valence electrons. The molecule has 8 N–H and O–H groups in total. The molecule has 1 amide bonds. The van der Waals surface area contributed by atoms with Gasteiger partial charge in [-0.15, -0.1) is 12.4 Å². The van der Waals surface area contributed by atoms with Crippen LogP contribution in [0.1, 0.15) is 25.7 Å². The van der Waals surface area contributed by atoms with Crippen LogP contribution < -0.4 is 21.3 Å². The van der Waals surface area contributed by atoms with Crippen molar-refractivity contribution in [1.82, 2.24) is 39.2 Å². The predicted octanol–water partition coefficient (Wildman–Crippen LogP) is -2.07. The number of carboxylic acid groups (broad SMARTS) is 7. The average Bonchev–Trinajstić information content (AvgIpc) is 3.50. The van der Waals surface area contributed by atoms with Crippen molar-refractivity contribution in [3.05, 3.63) is 69.4 Å². The minimum absolute atomic E-state index is 0. The molecule has 1 radical (unpaired) electrons. The van der Waals surface area contributed by atoms with E-state index in [2.05, 4.69) is 25.4 Å². The molecular formula is C50H71ClGdN16O18+. The van der Waals surface area contributed by atoms with Crippen molar-refractivity contribution in [2.24, 2.45) is 10.2 Å². The number of esters is 2. The zero-order chi connectivity index (χ0) is 62.1. The largest absolute Gasteiger partial charge is 3.00 e. The molecule has 3 aliphatic heterocycles. The van der Waals surface area contributed by atoms with Crippen molar-refractivity contribution in [2.45, 2.75) is 37.8 Å². The van der Waals surface area contributed by atoms with Gasteiger partial charge in [0.2, 0.25) is 5.91 Å². The number of carbonyl (C=O) groups excluding carboxylic acids is 5. The summed E-state index contributed by atoms with van der Waals surface area (Å²) >= 11 is 0. The van der Waals surface area contributed by atoms with E-state index in [9.17, 15) is 78.6 Å². The van der Waals surface area contributed by atoms with E-state index in [1.54, 1.807) is 53.7 Å². The van der Waals surface area contributed by atoms with Crippen LogP contribution >= 0.6 is 12.4 Å². The Morgan fingerprint density at radius 2 is 0.930 bits per heavy atom. The molecule has 2 aromatic rings. The fraction of sp³-hybridized carbons (Fsp3) is 0.560. The number of azide groups is 2. The van der Waals surface area contributed by atoms with Gasteiger partial charge >= 0.3 is 81.7 Å². The number of hydrogen-bond acceptors (Lipinski definition) is 24. The average molecular weight is 1380 g/mol. The first-order valence-corrected chi connectivity index (χ1v) is 26.4. The van der Waals surface area contributed by atoms with E-state index < -0.39 is 78.3 Å². The van der Waals surface area contributed by atoms with Gasteiger partial charge in [-0.1, -0.05) is 34.5 Å². The molecule has 0 spiro atoms. The number of benzene rings is 2. The van der Waals surface area contributed by atoms with E-state index in [4.69, 9.17) is 26.6 Å². The number of amides is 1. The molecule has 0 aliphatic carbocycles. The van der Waals surface area contributed by atoms with Gasteiger partial charge in [-0.25, -0.2) is 4.79 Å². The SMILES string of the molecule is Cl.O=C(O)CN1CCN(CC(=O)O)CCN(C2CCC(=O)OC2=O)CCN(CC(=O)O)CC1.[Gd+3].[N-]=[N+]=Nc1ccc(N)cc1.[N-]=[N+]=Nc1ccc(NC(=O)CCC(C(=O)[O-])N2CCN(CC(=O)[O-])CCN(CC(=O)O)CCN(CC(=O)O)CC2)cc1. The number of hydrogen-bond donors (Lipinski definition) is 7. The monoisotopic (exact) mass is 1380 g/mol. The summed E-state index contributed by atoms with van der Waals surface area (Å²) in [4.78, 5) is 135. The second-order valence-electron chi connectivity index (χ2n) is 19.4. The van der Waals surface area contributed by atoms with E-state index in [0.29, 0.717) is 75.1 Å². The van der Waals surface area contributed by atoms with E-state index in [1.807, 2.05) is 0 Å². The van der Waals surface area contributed by atoms with Gasteiger partial charge in [0, 0.05) is 163 Å². The van der Waals surface area contributed by atoms with Gasteiger partial charge in [0.05, 0.1) is 44.7 Å². The standard InChI is InChI=1S/C25H36N8O9.C19H30N4O9.C6H6N4.ClH.Gd/c26-29-28-19-3-1-18(2-4-19)27-21(34)6-5-20(25(41)42)33-13-11-31(16-23(37)38)9-7-30(15-22(35)36)8-10-32(12-14-33)17-24(39)40;24-15(25)11-20-3-5-21(12-16(26)27)7-9-23(14-1-2-18(30)32-19(14)31)10-8-22(6-4-20)13-17(28)29;7-5-1-3-6(4-2-5)9-10-8;;/h1-4,20H,5-17H2,(H,27,34)(H,35,36)(H,37,38)(H,39,40)(H,41,42);14H,1-13H2,(H,24,25)(H,26,27)(H,28,29);1-4H,7H2;1H;/q;;;;+3/p-2. The first kappa shape index (κ1) is 77.1. The maximum absolute atomic E-state index is 12.6. The van der Waals surface area contributed by atoms with Gasteiger partial charge in [0.25, 0.3) is 0 Å². The van der Waals surface area contributed by atoms with Gasteiger partial charge in [-0.3, -0.25) is 72.8 Å². The molecule has 0 aromatic heterocycles. The number of nitrogen functional groups attached to an aromatic ring is 1. The Morgan fingerprint density at radius 1 is 0.581 bits per heavy atom. The van der Waals surface area contributed by atoms with Crippen LogP contribution in [0.5, 0.6) is 0 Å². The summed E-state index contributed by atoms with van der Waals surface area (Å²) in [6, 6.07) is 10.8. The Kier molecular flexibility index (Phi) is 37.6. The van der Waals surface area contributed by atoms with Crippen LogP contribution in [-0.2, 0) is 52.7 Å². The molecule has 3 fully saturated rings. The van der Waals surface area contributed by atoms with Crippen LogP contribution in [0.4, 0.5) is 22.7 Å². The normalized spacial score (nSPS) is 18.2. The van der Waals surface area contributed by atoms with Crippen LogP contribution in [0, 0.1) is 39.9 Å². The molecule has 2 aromatic carbocycles. The smallest absolute Gasteiger partial charge is 0.549 e. The van der Waals surface area contributed by atoms with Crippen LogP contribution in [0.25, 0.3) is 20.9 Å². The number of nitrogens with one attached hydrogen (secondary N) is 1. The molecule has 2 atom stereocenters. The number of rotatable bonds is 21. The second kappa shape index (κ2) is 42.0. The molecule has 3 saturated heterocycles.